The van der Waals surface area contributed by atoms with E-state index in [1.54, 1.807) is 25.9 Å². The number of rotatable bonds is 5. The molecule has 1 aromatic rings. The van der Waals surface area contributed by atoms with E-state index in [0.29, 0.717) is 6.54 Å². The van der Waals surface area contributed by atoms with Gasteiger partial charge >= 0.3 is 0 Å². The number of ether oxygens (including phenoxy) is 1. The largest absolute Gasteiger partial charge is 0.480 e. The number of para-hydroxylation sites is 1. The van der Waals surface area contributed by atoms with Crippen molar-refractivity contribution < 1.29 is 9.53 Å². The molecule has 1 rings (SSSR count). The first-order valence-corrected chi connectivity index (χ1v) is 7.33. The minimum Gasteiger partial charge on any atom is -0.480 e. The molecule has 0 saturated heterocycles. The smallest absolute Gasteiger partial charge is 0.262 e. The van der Waals surface area contributed by atoms with Gasteiger partial charge in [0.25, 0.3) is 5.91 Å². The van der Waals surface area contributed by atoms with Crippen LogP contribution >= 0.6 is 0 Å². The highest BCUT2D eigenvalue weighted by Crippen LogP contribution is 2.25. The Morgan fingerprint density at radius 2 is 1.95 bits per heavy atom. The fourth-order valence-electron chi connectivity index (χ4n) is 1.97. The highest BCUT2D eigenvalue weighted by Gasteiger charge is 2.19. The third kappa shape index (κ3) is 5.38. The lowest BCUT2D eigenvalue weighted by molar-refractivity contribution is -0.135. The maximum absolute atomic E-state index is 12.0. The summed E-state index contributed by atoms with van der Waals surface area (Å²) >= 11 is 0. The van der Waals surface area contributed by atoms with Gasteiger partial charge in [0.2, 0.25) is 0 Å². The molecule has 21 heavy (non-hydrogen) atoms. The number of hydrogen-bond acceptors (Lipinski definition) is 3. The Kier molecular flexibility index (Phi) is 5.78. The van der Waals surface area contributed by atoms with Crippen LogP contribution in [0.5, 0.6) is 5.75 Å². The van der Waals surface area contributed by atoms with Crippen molar-refractivity contribution in [1.82, 2.24) is 10.2 Å². The van der Waals surface area contributed by atoms with Crippen LogP contribution < -0.4 is 10.1 Å². The first-order valence-electron chi connectivity index (χ1n) is 7.33. The van der Waals surface area contributed by atoms with Gasteiger partial charge in [-0.15, -0.1) is 0 Å². The number of amides is 1. The van der Waals surface area contributed by atoms with Gasteiger partial charge in [-0.2, -0.15) is 0 Å². The summed E-state index contributed by atoms with van der Waals surface area (Å²) < 4.78 is 5.93. The SMILES string of the molecule is Cc1cccc(CNC(C)(C)C)c1OC(C)C(=O)N(C)C. The molecule has 1 atom stereocenters. The molecule has 1 aromatic carbocycles. The molecule has 4 nitrogen and oxygen atoms in total. The van der Waals surface area contributed by atoms with Crippen LogP contribution in [0.25, 0.3) is 0 Å². The van der Waals surface area contributed by atoms with Gasteiger partial charge in [-0.1, -0.05) is 18.2 Å². The van der Waals surface area contributed by atoms with Crippen molar-refractivity contribution in [3.63, 3.8) is 0 Å². The van der Waals surface area contributed by atoms with Gasteiger partial charge in [0.1, 0.15) is 5.75 Å². The van der Waals surface area contributed by atoms with Crippen LogP contribution in [-0.4, -0.2) is 36.5 Å². The van der Waals surface area contributed by atoms with Crippen LogP contribution in [0, 0.1) is 6.92 Å². The Morgan fingerprint density at radius 1 is 1.33 bits per heavy atom. The number of carbonyl (C=O) groups excluding carboxylic acids is 1. The Balaban J connectivity index is 2.92. The van der Waals surface area contributed by atoms with Crippen molar-refractivity contribution in [3.8, 4) is 5.75 Å². The van der Waals surface area contributed by atoms with Crippen molar-refractivity contribution >= 4 is 5.91 Å². The predicted octanol–water partition coefficient (Wildman–Crippen LogP) is 2.74. The normalized spacial score (nSPS) is 12.9. The molecule has 0 aliphatic rings. The first kappa shape index (κ1) is 17.5. The first-order chi connectivity index (χ1) is 9.61. The molecule has 1 amide bonds. The zero-order chi connectivity index (χ0) is 16.2. The summed E-state index contributed by atoms with van der Waals surface area (Å²) in [6.45, 7) is 10.9. The molecular formula is C17H28N2O2. The fourth-order valence-corrected chi connectivity index (χ4v) is 1.97. The molecule has 118 valence electrons. The number of hydrogen-bond donors (Lipinski definition) is 1. The van der Waals surface area contributed by atoms with E-state index in [4.69, 9.17) is 4.74 Å². The molecule has 1 unspecified atom stereocenters. The van der Waals surface area contributed by atoms with Crippen LogP contribution in [0.1, 0.15) is 38.8 Å². The lowest BCUT2D eigenvalue weighted by Crippen LogP contribution is -2.37. The molecule has 0 bridgehead atoms. The van der Waals surface area contributed by atoms with Crippen LogP contribution in [0.15, 0.2) is 18.2 Å². The number of carbonyl (C=O) groups is 1. The maximum Gasteiger partial charge on any atom is 0.262 e. The third-order valence-electron chi connectivity index (χ3n) is 3.19. The van der Waals surface area contributed by atoms with Crippen LogP contribution in [0.2, 0.25) is 0 Å². The molecule has 0 spiro atoms. The van der Waals surface area contributed by atoms with E-state index in [1.807, 2.05) is 25.1 Å². The molecule has 0 aliphatic heterocycles. The van der Waals surface area contributed by atoms with Gasteiger partial charge in [-0.3, -0.25) is 4.79 Å². The molecule has 1 N–H and O–H groups in total. The van der Waals surface area contributed by atoms with Crippen molar-refractivity contribution in [2.45, 2.75) is 52.8 Å². The van der Waals surface area contributed by atoms with Gasteiger partial charge < -0.3 is 15.0 Å². The summed E-state index contributed by atoms with van der Waals surface area (Å²) in [5, 5.41) is 3.46. The van der Waals surface area contributed by atoms with Gasteiger partial charge in [0, 0.05) is 31.7 Å². The van der Waals surface area contributed by atoms with Crippen LogP contribution in [-0.2, 0) is 11.3 Å². The zero-order valence-electron chi connectivity index (χ0n) is 14.3. The molecule has 0 radical (unpaired) electrons. The molecule has 4 heteroatoms. The van der Waals surface area contributed by atoms with Crippen molar-refractivity contribution in [2.75, 3.05) is 14.1 Å². The van der Waals surface area contributed by atoms with Crippen LogP contribution in [0.3, 0.4) is 0 Å². The highest BCUT2D eigenvalue weighted by molar-refractivity contribution is 5.80. The molecule has 0 aliphatic carbocycles. The van der Waals surface area contributed by atoms with E-state index in [9.17, 15) is 4.79 Å². The van der Waals surface area contributed by atoms with Gasteiger partial charge in [0.15, 0.2) is 6.10 Å². The van der Waals surface area contributed by atoms with Crippen molar-refractivity contribution in [3.05, 3.63) is 29.3 Å². The molecule has 0 fully saturated rings. The maximum atomic E-state index is 12.0. The van der Waals surface area contributed by atoms with Gasteiger partial charge in [-0.05, 0) is 40.2 Å². The lowest BCUT2D eigenvalue weighted by atomic mass is 10.1. The summed E-state index contributed by atoms with van der Waals surface area (Å²) in [4.78, 5) is 13.5. The number of likely N-dealkylation sites (N-methyl/N-ethyl adjacent to an activating group) is 1. The summed E-state index contributed by atoms with van der Waals surface area (Å²) in [6, 6.07) is 6.05. The number of benzene rings is 1. The van der Waals surface area contributed by atoms with E-state index in [2.05, 4.69) is 26.1 Å². The van der Waals surface area contributed by atoms with Gasteiger partial charge in [-0.25, -0.2) is 0 Å². The number of aryl methyl sites for hydroxylation is 1. The highest BCUT2D eigenvalue weighted by atomic mass is 16.5. The Morgan fingerprint density at radius 3 is 2.48 bits per heavy atom. The van der Waals surface area contributed by atoms with E-state index in [1.165, 1.54) is 0 Å². The summed E-state index contributed by atoms with van der Waals surface area (Å²) in [5.74, 6) is 0.768. The van der Waals surface area contributed by atoms with E-state index >= 15 is 0 Å². The number of nitrogens with one attached hydrogen (secondary N) is 1. The zero-order valence-corrected chi connectivity index (χ0v) is 14.3. The average molecular weight is 292 g/mol. The third-order valence-corrected chi connectivity index (χ3v) is 3.19. The Labute approximate surface area is 128 Å². The van der Waals surface area contributed by atoms with Crippen molar-refractivity contribution in [2.24, 2.45) is 0 Å². The summed E-state index contributed by atoms with van der Waals surface area (Å²) in [5.41, 5.74) is 2.15. The van der Waals surface area contributed by atoms with Gasteiger partial charge in [0.05, 0.1) is 0 Å². The second kappa shape index (κ2) is 6.94. The van der Waals surface area contributed by atoms with Crippen LogP contribution in [0.4, 0.5) is 0 Å². The predicted molar refractivity (Wildman–Crippen MR) is 86.6 cm³/mol. The summed E-state index contributed by atoms with van der Waals surface area (Å²) in [6.07, 6.45) is -0.491. The second-order valence-corrected chi connectivity index (χ2v) is 6.66. The van der Waals surface area contributed by atoms with E-state index in [-0.39, 0.29) is 11.4 Å². The minimum atomic E-state index is -0.491. The molecule has 0 saturated carbocycles. The fraction of sp³-hybridized carbons (Fsp3) is 0.588. The van der Waals surface area contributed by atoms with E-state index in [0.717, 1.165) is 16.9 Å². The topological polar surface area (TPSA) is 41.6 Å². The minimum absolute atomic E-state index is 0.0338. The lowest BCUT2D eigenvalue weighted by Gasteiger charge is -2.24. The Hall–Kier alpha value is -1.55. The van der Waals surface area contributed by atoms with E-state index < -0.39 is 6.10 Å². The molecular weight excluding hydrogens is 264 g/mol. The molecule has 0 heterocycles. The second-order valence-electron chi connectivity index (χ2n) is 6.66. The number of nitrogens with zero attached hydrogens (tertiary/aromatic N) is 1. The monoisotopic (exact) mass is 292 g/mol. The average Bonchev–Trinajstić information content (AvgIpc) is 2.37. The summed E-state index contributed by atoms with van der Waals surface area (Å²) in [7, 11) is 3.48. The Bertz CT molecular complexity index is 490. The van der Waals surface area contributed by atoms with Crippen molar-refractivity contribution in [1.29, 1.82) is 0 Å². The molecule has 0 aromatic heterocycles. The standard InChI is InChI=1S/C17H28N2O2/c1-12-9-8-10-14(11-18-17(3,4)5)15(12)21-13(2)16(20)19(6)7/h8-10,13,18H,11H2,1-7H3. The quantitative estimate of drug-likeness (QED) is 0.907.